The van der Waals surface area contributed by atoms with Gasteiger partial charge < -0.3 is 31.2 Å². The van der Waals surface area contributed by atoms with Gasteiger partial charge in [-0.2, -0.15) is 0 Å². The minimum absolute atomic E-state index is 0.0818. The highest BCUT2D eigenvalue weighted by atomic mass is 16.5. The molecule has 29 heavy (non-hydrogen) atoms. The van der Waals surface area contributed by atoms with Crippen molar-refractivity contribution in [2.45, 2.75) is 64.2 Å². The molecule has 0 aromatic rings. The predicted molar refractivity (Wildman–Crippen MR) is 106 cm³/mol. The Labute approximate surface area is 171 Å². The van der Waals surface area contributed by atoms with Gasteiger partial charge >= 0.3 is 5.97 Å². The van der Waals surface area contributed by atoms with Crippen molar-refractivity contribution in [3.8, 4) is 12.3 Å². The van der Waals surface area contributed by atoms with E-state index in [4.69, 9.17) is 16.9 Å². The van der Waals surface area contributed by atoms with Crippen LogP contribution in [-0.4, -0.2) is 66.7 Å². The van der Waals surface area contributed by atoms with Gasteiger partial charge in [0.2, 0.25) is 17.7 Å². The van der Waals surface area contributed by atoms with E-state index in [-0.39, 0.29) is 13.2 Å². The number of terminal acetylenes is 1. The molecule has 0 aliphatic heterocycles. The van der Waals surface area contributed by atoms with E-state index in [9.17, 15) is 19.2 Å². The van der Waals surface area contributed by atoms with Gasteiger partial charge in [0.05, 0.1) is 19.3 Å². The van der Waals surface area contributed by atoms with Crippen LogP contribution in [0.2, 0.25) is 0 Å². The van der Waals surface area contributed by atoms with Gasteiger partial charge in [0.25, 0.3) is 0 Å². The number of carbonyl (C=O) groups is 4. The summed E-state index contributed by atoms with van der Waals surface area (Å²) in [5.74, 6) is -0.308. The Balaban J connectivity index is 5.38. The fraction of sp³-hybridized carbons (Fsp3) is 0.684. The van der Waals surface area contributed by atoms with E-state index in [2.05, 4.69) is 26.6 Å². The zero-order chi connectivity index (χ0) is 23.0. The molecule has 0 saturated heterocycles. The van der Waals surface area contributed by atoms with E-state index in [0.29, 0.717) is 0 Å². The first-order valence-electron chi connectivity index (χ1n) is 8.92. The molecular weight excluding hydrogens is 380 g/mol. The molecule has 10 heteroatoms. The van der Waals surface area contributed by atoms with Gasteiger partial charge in [-0.25, -0.2) is 4.79 Å². The lowest BCUT2D eigenvalue weighted by Crippen LogP contribution is -2.64. The second-order valence-corrected chi connectivity index (χ2v) is 8.15. The SMILES string of the molecule is C#CCOC[C@H](NC(=O)C(C)(C)NC(=O)C(C)(C)N)C(=O)NC(C)(C)C(=O)OC. The second kappa shape index (κ2) is 10.2. The third kappa shape index (κ3) is 8.50. The molecule has 0 spiro atoms. The molecule has 0 heterocycles. The highest BCUT2D eigenvalue weighted by Gasteiger charge is 2.38. The van der Waals surface area contributed by atoms with E-state index in [1.807, 2.05) is 0 Å². The van der Waals surface area contributed by atoms with Crippen LogP contribution in [0.5, 0.6) is 0 Å². The number of esters is 1. The maximum absolute atomic E-state index is 12.7. The van der Waals surface area contributed by atoms with Crippen LogP contribution >= 0.6 is 0 Å². The van der Waals surface area contributed by atoms with Crippen molar-refractivity contribution < 1.29 is 28.7 Å². The Morgan fingerprint density at radius 3 is 2.00 bits per heavy atom. The fourth-order valence-corrected chi connectivity index (χ4v) is 1.96. The first-order chi connectivity index (χ1) is 13.1. The second-order valence-electron chi connectivity index (χ2n) is 8.15. The van der Waals surface area contributed by atoms with Crippen LogP contribution in [0, 0.1) is 12.3 Å². The molecule has 0 rings (SSSR count). The van der Waals surface area contributed by atoms with Crippen molar-refractivity contribution in [2.24, 2.45) is 5.73 Å². The van der Waals surface area contributed by atoms with E-state index >= 15 is 0 Å². The molecular formula is C19H32N4O6. The summed E-state index contributed by atoms with van der Waals surface area (Å²) in [6.45, 7) is 8.48. The van der Waals surface area contributed by atoms with E-state index in [0.717, 1.165) is 0 Å². The van der Waals surface area contributed by atoms with E-state index < -0.39 is 46.3 Å². The number of nitrogens with two attached hydrogens (primary N) is 1. The lowest BCUT2D eigenvalue weighted by molar-refractivity contribution is -0.150. The first kappa shape index (κ1) is 26.4. The minimum Gasteiger partial charge on any atom is -0.467 e. The largest absolute Gasteiger partial charge is 0.467 e. The summed E-state index contributed by atoms with van der Waals surface area (Å²) >= 11 is 0. The molecule has 0 fully saturated rings. The van der Waals surface area contributed by atoms with Gasteiger partial charge in [-0.15, -0.1) is 6.42 Å². The predicted octanol–water partition coefficient (Wildman–Crippen LogP) is -1.18. The van der Waals surface area contributed by atoms with Crippen molar-refractivity contribution in [1.82, 2.24) is 16.0 Å². The third-order valence-electron chi connectivity index (χ3n) is 3.80. The Morgan fingerprint density at radius 2 is 1.55 bits per heavy atom. The molecule has 0 radical (unpaired) electrons. The molecule has 1 atom stereocenters. The molecule has 164 valence electrons. The van der Waals surface area contributed by atoms with Crippen LogP contribution in [0.25, 0.3) is 0 Å². The molecule has 0 aromatic heterocycles. The molecule has 0 aromatic carbocycles. The monoisotopic (exact) mass is 412 g/mol. The zero-order valence-electron chi connectivity index (χ0n) is 18.1. The lowest BCUT2D eigenvalue weighted by atomic mass is 9.99. The summed E-state index contributed by atoms with van der Waals surface area (Å²) < 4.78 is 9.83. The fourth-order valence-electron chi connectivity index (χ4n) is 1.96. The quantitative estimate of drug-likeness (QED) is 0.200. The van der Waals surface area contributed by atoms with Crippen LogP contribution in [0.4, 0.5) is 0 Å². The molecule has 0 bridgehead atoms. The van der Waals surface area contributed by atoms with Gasteiger partial charge in [0.1, 0.15) is 23.7 Å². The normalized spacial score (nSPS) is 12.9. The minimum atomic E-state index is -1.38. The summed E-state index contributed by atoms with van der Waals surface area (Å²) in [6, 6.07) is -1.18. The number of nitrogens with one attached hydrogen (secondary N) is 3. The molecule has 0 unspecified atom stereocenters. The van der Waals surface area contributed by atoms with Crippen LogP contribution in [-0.2, 0) is 28.7 Å². The van der Waals surface area contributed by atoms with Crippen LogP contribution < -0.4 is 21.7 Å². The van der Waals surface area contributed by atoms with E-state index in [1.165, 1.54) is 48.7 Å². The maximum Gasteiger partial charge on any atom is 0.330 e. The highest BCUT2D eigenvalue weighted by Crippen LogP contribution is 2.09. The Morgan fingerprint density at radius 1 is 1.00 bits per heavy atom. The number of amides is 3. The number of rotatable bonds is 10. The van der Waals surface area contributed by atoms with Crippen molar-refractivity contribution in [3.63, 3.8) is 0 Å². The topological polar surface area (TPSA) is 149 Å². The number of methoxy groups -OCH3 is 1. The van der Waals surface area contributed by atoms with Crippen molar-refractivity contribution in [1.29, 1.82) is 0 Å². The average Bonchev–Trinajstić information content (AvgIpc) is 2.58. The Kier molecular flexibility index (Phi) is 9.30. The number of carbonyl (C=O) groups excluding carboxylic acids is 4. The zero-order valence-corrected chi connectivity index (χ0v) is 18.1. The summed E-state index contributed by atoms with van der Waals surface area (Å²) in [7, 11) is 1.19. The van der Waals surface area contributed by atoms with E-state index in [1.54, 1.807) is 0 Å². The van der Waals surface area contributed by atoms with Crippen molar-refractivity contribution in [3.05, 3.63) is 0 Å². The third-order valence-corrected chi connectivity index (χ3v) is 3.80. The maximum atomic E-state index is 12.7. The summed E-state index contributed by atoms with van der Waals surface area (Å²) in [5.41, 5.74) is 1.82. The smallest absolute Gasteiger partial charge is 0.330 e. The van der Waals surface area contributed by atoms with Crippen molar-refractivity contribution in [2.75, 3.05) is 20.3 Å². The number of hydrogen-bond donors (Lipinski definition) is 4. The van der Waals surface area contributed by atoms with Gasteiger partial charge in [0, 0.05) is 0 Å². The lowest BCUT2D eigenvalue weighted by Gasteiger charge is -2.31. The summed E-state index contributed by atoms with van der Waals surface area (Å²) in [6.07, 6.45) is 5.13. The highest BCUT2D eigenvalue weighted by molar-refractivity contribution is 5.97. The summed E-state index contributed by atoms with van der Waals surface area (Å²) in [5, 5.41) is 7.52. The van der Waals surface area contributed by atoms with Crippen LogP contribution in [0.3, 0.4) is 0 Å². The van der Waals surface area contributed by atoms with Crippen LogP contribution in [0.1, 0.15) is 41.5 Å². The Bertz CT molecular complexity index is 673. The number of ether oxygens (including phenoxy) is 2. The Hall–Kier alpha value is -2.64. The first-order valence-corrected chi connectivity index (χ1v) is 8.92. The van der Waals surface area contributed by atoms with Gasteiger partial charge in [-0.1, -0.05) is 5.92 Å². The van der Waals surface area contributed by atoms with Gasteiger partial charge in [-0.05, 0) is 41.5 Å². The molecule has 10 nitrogen and oxygen atoms in total. The standard InChI is InChI=1S/C19H32N4O6/c1-9-10-29-11-12(13(24)22-19(6,7)16(27)28-8)21-15(26)18(4,5)23-14(25)17(2,3)20/h1,12H,10-11,20H2,2-8H3,(H,21,26)(H,22,24)(H,23,25)/t12-/m0/s1. The number of hydrogen-bond acceptors (Lipinski definition) is 7. The summed E-state index contributed by atoms with van der Waals surface area (Å²) in [4.78, 5) is 49.3. The molecule has 0 aliphatic carbocycles. The van der Waals surface area contributed by atoms with Crippen LogP contribution in [0.15, 0.2) is 0 Å². The molecule has 0 saturated carbocycles. The van der Waals surface area contributed by atoms with Gasteiger partial charge in [0.15, 0.2) is 0 Å². The molecule has 3 amide bonds. The van der Waals surface area contributed by atoms with Gasteiger partial charge in [-0.3, -0.25) is 14.4 Å². The molecule has 5 N–H and O–H groups in total. The average molecular weight is 412 g/mol. The molecule has 0 aliphatic rings. The van der Waals surface area contributed by atoms with Crippen molar-refractivity contribution >= 4 is 23.7 Å².